The van der Waals surface area contributed by atoms with E-state index in [0.717, 1.165) is 37.0 Å². The topological polar surface area (TPSA) is 20.3 Å². The Morgan fingerprint density at radius 1 is 1.16 bits per heavy atom. The van der Waals surface area contributed by atoms with E-state index >= 15 is 0 Å². The van der Waals surface area contributed by atoms with Crippen LogP contribution in [0.3, 0.4) is 0 Å². The van der Waals surface area contributed by atoms with E-state index < -0.39 is 17.2 Å². The van der Waals surface area contributed by atoms with E-state index in [1.165, 1.54) is 18.6 Å². The Bertz CT molecular complexity index is 889. The highest BCUT2D eigenvalue weighted by Crippen LogP contribution is 2.47. The van der Waals surface area contributed by atoms with Crippen molar-refractivity contribution >= 4 is 11.5 Å². The van der Waals surface area contributed by atoms with E-state index in [1.807, 2.05) is 24.3 Å². The monoisotopic (exact) mass is 339 g/mol. The molecule has 0 saturated carbocycles. The van der Waals surface area contributed by atoms with E-state index in [-0.39, 0.29) is 11.5 Å². The van der Waals surface area contributed by atoms with Crippen molar-refractivity contribution in [2.24, 2.45) is 0 Å². The predicted octanol–water partition coefficient (Wildman–Crippen LogP) is 4.44. The van der Waals surface area contributed by atoms with Gasteiger partial charge in [0, 0.05) is 19.0 Å². The molecule has 4 heteroatoms. The molecule has 1 heterocycles. The molecule has 4 rings (SSSR count). The van der Waals surface area contributed by atoms with Crippen LogP contribution in [0.15, 0.2) is 48.5 Å². The molecule has 25 heavy (non-hydrogen) atoms. The molecule has 1 atom stereocenters. The number of halogens is 2. The lowest BCUT2D eigenvalue weighted by Crippen LogP contribution is -2.46. The first-order valence-electron chi connectivity index (χ1n) is 8.55. The second-order valence-corrected chi connectivity index (χ2v) is 6.83. The van der Waals surface area contributed by atoms with Gasteiger partial charge in [-0.1, -0.05) is 24.3 Å². The number of hydrogen-bond donors (Lipinski definition) is 0. The number of hydrogen-bond acceptors (Lipinski definition) is 1. The third-order valence-corrected chi connectivity index (χ3v) is 5.37. The fourth-order valence-corrected chi connectivity index (χ4v) is 4.30. The molecule has 0 fully saturated rings. The average Bonchev–Trinajstić information content (AvgIpc) is 2.98. The van der Waals surface area contributed by atoms with E-state index in [9.17, 15) is 13.6 Å². The number of amides is 1. The summed E-state index contributed by atoms with van der Waals surface area (Å²) in [5.74, 6) is -0.992. The zero-order valence-electron chi connectivity index (χ0n) is 14.1. The third-order valence-electron chi connectivity index (χ3n) is 5.37. The van der Waals surface area contributed by atoms with Gasteiger partial charge in [-0.2, -0.15) is 0 Å². The lowest BCUT2D eigenvalue weighted by atomic mass is 9.76. The van der Waals surface area contributed by atoms with Gasteiger partial charge in [-0.25, -0.2) is 8.78 Å². The van der Waals surface area contributed by atoms with Gasteiger partial charge in [0.05, 0.1) is 5.54 Å². The fraction of sp³-hybridized carbons (Fsp3) is 0.286. The smallest absolute Gasteiger partial charge is 0.220 e. The second kappa shape index (κ2) is 5.80. The number of carbonyl (C=O) groups excluding carboxylic acids is 1. The normalized spacial score (nSPS) is 22.0. The number of benzene rings is 2. The fourth-order valence-electron chi connectivity index (χ4n) is 4.30. The summed E-state index contributed by atoms with van der Waals surface area (Å²) in [7, 11) is 0. The highest BCUT2D eigenvalue weighted by Gasteiger charge is 2.45. The average molecular weight is 339 g/mol. The number of fused-ring (bicyclic) bond motifs is 2. The Morgan fingerprint density at radius 2 is 1.96 bits per heavy atom. The molecule has 2 aromatic rings. The molecule has 0 N–H and O–H groups in total. The van der Waals surface area contributed by atoms with E-state index in [2.05, 4.69) is 6.07 Å². The minimum absolute atomic E-state index is 0.0558. The van der Waals surface area contributed by atoms with Crippen LogP contribution >= 0.6 is 0 Å². The van der Waals surface area contributed by atoms with Crippen LogP contribution in [0.2, 0.25) is 0 Å². The minimum atomic E-state index is -0.561. The number of aryl methyl sites for hydroxylation is 1. The summed E-state index contributed by atoms with van der Waals surface area (Å²) in [6.45, 7) is 1.84. The molecule has 128 valence electrons. The molecule has 0 saturated heterocycles. The molecule has 1 aliphatic heterocycles. The van der Waals surface area contributed by atoms with E-state index in [1.54, 1.807) is 4.90 Å². The van der Waals surface area contributed by atoms with Crippen molar-refractivity contribution < 1.29 is 13.6 Å². The van der Waals surface area contributed by atoms with Crippen molar-refractivity contribution in [3.8, 4) is 0 Å². The molecular weight excluding hydrogens is 320 g/mol. The zero-order valence-corrected chi connectivity index (χ0v) is 14.1. The number of nitrogens with zero attached hydrogens (tertiary/aromatic N) is 1. The van der Waals surface area contributed by atoms with E-state index in [4.69, 9.17) is 0 Å². The summed E-state index contributed by atoms with van der Waals surface area (Å²) in [6.07, 6.45) is 4.70. The molecule has 2 aliphatic rings. The maximum Gasteiger partial charge on any atom is 0.220 e. The van der Waals surface area contributed by atoms with Gasteiger partial charge in [-0.15, -0.1) is 0 Å². The van der Waals surface area contributed by atoms with Crippen LogP contribution in [0.25, 0.3) is 5.57 Å². The highest BCUT2D eigenvalue weighted by atomic mass is 19.1. The molecule has 1 amide bonds. The standard InChI is InChI=1S/C21H19F2NO/c1-14(25)24-13-16(18-11-17(22)8-9-20(18)23)12-21(24)10-4-6-15-5-2-3-7-19(15)21/h2-3,5,7-9,11-12H,4,6,10,13H2,1H3. The number of carbonyl (C=O) groups is 1. The molecule has 2 aromatic carbocycles. The van der Waals surface area contributed by atoms with Crippen molar-refractivity contribution in [3.05, 3.63) is 76.9 Å². The Kier molecular flexibility index (Phi) is 3.71. The van der Waals surface area contributed by atoms with Crippen LogP contribution in [-0.2, 0) is 16.8 Å². The first kappa shape index (κ1) is 16.0. The molecule has 1 unspecified atom stereocenters. The van der Waals surface area contributed by atoms with Gasteiger partial charge in [0.2, 0.25) is 5.91 Å². The van der Waals surface area contributed by atoms with Crippen molar-refractivity contribution in [1.29, 1.82) is 0 Å². The summed E-state index contributed by atoms with van der Waals surface area (Å²) >= 11 is 0. The summed E-state index contributed by atoms with van der Waals surface area (Å²) in [6, 6.07) is 11.6. The predicted molar refractivity (Wildman–Crippen MR) is 92.8 cm³/mol. The molecule has 0 bridgehead atoms. The van der Waals surface area contributed by atoms with Crippen molar-refractivity contribution in [3.63, 3.8) is 0 Å². The maximum atomic E-state index is 14.3. The first-order valence-corrected chi connectivity index (χ1v) is 8.55. The Morgan fingerprint density at radius 3 is 2.76 bits per heavy atom. The highest BCUT2D eigenvalue weighted by molar-refractivity contribution is 5.83. The molecule has 2 nitrogen and oxygen atoms in total. The van der Waals surface area contributed by atoms with Crippen LogP contribution in [0.5, 0.6) is 0 Å². The van der Waals surface area contributed by atoms with Crippen LogP contribution in [0, 0.1) is 11.6 Å². The van der Waals surface area contributed by atoms with Crippen molar-refractivity contribution in [2.75, 3.05) is 6.54 Å². The first-order chi connectivity index (χ1) is 12.0. The molecule has 0 aromatic heterocycles. The Balaban J connectivity index is 1.90. The SMILES string of the molecule is CC(=O)N1CC(c2cc(F)ccc2F)=CC12CCCc1ccccc12. The van der Waals surface area contributed by atoms with E-state index in [0.29, 0.717) is 12.1 Å². The summed E-state index contributed by atoms with van der Waals surface area (Å²) in [4.78, 5) is 14.2. The van der Waals surface area contributed by atoms with Gasteiger partial charge >= 0.3 is 0 Å². The van der Waals surface area contributed by atoms with Gasteiger partial charge in [0.15, 0.2) is 0 Å². The summed E-state index contributed by atoms with van der Waals surface area (Å²) in [5.41, 5.74) is 2.67. The van der Waals surface area contributed by atoms with Crippen LogP contribution in [0.4, 0.5) is 8.78 Å². The molecule has 1 spiro atoms. The van der Waals surface area contributed by atoms with Gasteiger partial charge in [0.25, 0.3) is 0 Å². The van der Waals surface area contributed by atoms with Gasteiger partial charge in [0.1, 0.15) is 11.6 Å². The van der Waals surface area contributed by atoms with Crippen molar-refractivity contribution in [1.82, 2.24) is 4.90 Å². The van der Waals surface area contributed by atoms with Gasteiger partial charge in [-0.05, 0) is 60.2 Å². The summed E-state index contributed by atoms with van der Waals surface area (Å²) < 4.78 is 27.9. The lowest BCUT2D eigenvalue weighted by Gasteiger charge is -2.42. The molecule has 0 radical (unpaired) electrons. The Hall–Kier alpha value is -2.49. The van der Waals surface area contributed by atoms with Gasteiger partial charge < -0.3 is 4.90 Å². The zero-order chi connectivity index (χ0) is 17.6. The van der Waals surface area contributed by atoms with Crippen LogP contribution in [-0.4, -0.2) is 17.4 Å². The quantitative estimate of drug-likeness (QED) is 0.752. The largest absolute Gasteiger partial charge is 0.325 e. The second-order valence-electron chi connectivity index (χ2n) is 6.83. The summed E-state index contributed by atoms with van der Waals surface area (Å²) in [5, 5.41) is 0. The lowest BCUT2D eigenvalue weighted by molar-refractivity contribution is -0.132. The molecule has 1 aliphatic carbocycles. The van der Waals surface area contributed by atoms with Gasteiger partial charge in [-0.3, -0.25) is 4.79 Å². The minimum Gasteiger partial charge on any atom is -0.325 e. The Labute approximate surface area is 145 Å². The van der Waals surface area contributed by atoms with Crippen LogP contribution in [0.1, 0.15) is 36.5 Å². The molecular formula is C21H19F2NO. The van der Waals surface area contributed by atoms with Crippen LogP contribution < -0.4 is 0 Å². The number of rotatable bonds is 1. The maximum absolute atomic E-state index is 14.3. The van der Waals surface area contributed by atoms with Crippen molar-refractivity contribution in [2.45, 2.75) is 31.7 Å². The third kappa shape index (κ3) is 2.48.